The second kappa shape index (κ2) is 4.80. The molecule has 2 rings (SSSR count). The third-order valence-corrected chi connectivity index (χ3v) is 3.01. The van der Waals surface area contributed by atoms with E-state index < -0.39 is 12.1 Å². The van der Waals surface area contributed by atoms with Gasteiger partial charge in [-0.05, 0) is 19.4 Å². The van der Waals surface area contributed by atoms with Crippen LogP contribution in [0.3, 0.4) is 0 Å². The molecule has 2 atom stereocenters. The molecule has 1 amide bonds. The molecule has 90 valence electrons. The number of nitrogens with zero attached hydrogens (tertiary/aromatic N) is 1. The maximum absolute atomic E-state index is 12.0. The number of morpholine rings is 1. The molecule has 0 radical (unpaired) electrons. The van der Waals surface area contributed by atoms with Gasteiger partial charge in [0.15, 0.2) is 6.10 Å². The predicted molar refractivity (Wildman–Crippen MR) is 55.0 cm³/mol. The van der Waals surface area contributed by atoms with Crippen molar-refractivity contribution in [3.63, 3.8) is 0 Å². The molecule has 0 bridgehead atoms. The molecule has 0 aromatic rings. The molecule has 0 aromatic heterocycles. The van der Waals surface area contributed by atoms with Gasteiger partial charge in [-0.1, -0.05) is 0 Å². The number of aliphatic carboxylic acids is 1. The minimum absolute atomic E-state index is 0.00653. The van der Waals surface area contributed by atoms with Gasteiger partial charge in [-0.25, -0.2) is 4.79 Å². The van der Waals surface area contributed by atoms with Gasteiger partial charge >= 0.3 is 5.97 Å². The molecule has 2 heterocycles. The quantitative estimate of drug-likeness (QED) is 0.637. The SMILES string of the molecule is O=C(O)C1CN(C(=O)[C@H]2CCCN2)CCO1. The van der Waals surface area contributed by atoms with Crippen LogP contribution in [0.1, 0.15) is 12.8 Å². The first-order valence-corrected chi connectivity index (χ1v) is 5.55. The second-order valence-corrected chi connectivity index (χ2v) is 4.13. The maximum Gasteiger partial charge on any atom is 0.334 e. The number of hydrogen-bond acceptors (Lipinski definition) is 4. The molecule has 2 N–H and O–H groups in total. The van der Waals surface area contributed by atoms with E-state index in [1.165, 1.54) is 0 Å². The summed E-state index contributed by atoms with van der Waals surface area (Å²) in [5, 5.41) is 11.9. The molecule has 2 aliphatic heterocycles. The van der Waals surface area contributed by atoms with E-state index in [4.69, 9.17) is 9.84 Å². The fourth-order valence-corrected chi connectivity index (χ4v) is 2.11. The summed E-state index contributed by atoms with van der Waals surface area (Å²) < 4.78 is 5.07. The number of nitrogens with one attached hydrogen (secondary N) is 1. The number of rotatable bonds is 2. The Labute approximate surface area is 93.6 Å². The van der Waals surface area contributed by atoms with E-state index in [2.05, 4.69) is 5.32 Å². The fraction of sp³-hybridized carbons (Fsp3) is 0.800. The van der Waals surface area contributed by atoms with Crippen LogP contribution in [-0.2, 0) is 14.3 Å². The number of ether oxygens (including phenoxy) is 1. The molecular weight excluding hydrogens is 212 g/mol. The van der Waals surface area contributed by atoms with E-state index >= 15 is 0 Å². The van der Waals surface area contributed by atoms with Crippen molar-refractivity contribution in [2.75, 3.05) is 26.2 Å². The van der Waals surface area contributed by atoms with E-state index in [1.807, 2.05) is 0 Å². The highest BCUT2D eigenvalue weighted by atomic mass is 16.5. The maximum atomic E-state index is 12.0. The third kappa shape index (κ3) is 2.33. The van der Waals surface area contributed by atoms with E-state index in [9.17, 15) is 9.59 Å². The summed E-state index contributed by atoms with van der Waals surface area (Å²) in [6, 6.07) is -0.132. The van der Waals surface area contributed by atoms with Crippen LogP contribution < -0.4 is 5.32 Å². The topological polar surface area (TPSA) is 78.9 Å². The summed E-state index contributed by atoms with van der Waals surface area (Å²) in [4.78, 5) is 24.3. The first-order chi connectivity index (χ1) is 7.68. The molecule has 6 heteroatoms. The fourth-order valence-electron chi connectivity index (χ4n) is 2.11. The molecule has 0 aliphatic carbocycles. The zero-order valence-electron chi connectivity index (χ0n) is 9.02. The first-order valence-electron chi connectivity index (χ1n) is 5.55. The average Bonchev–Trinajstić information content (AvgIpc) is 2.81. The molecule has 2 aliphatic rings. The van der Waals surface area contributed by atoms with E-state index in [1.54, 1.807) is 4.90 Å². The summed E-state index contributed by atoms with van der Waals surface area (Å²) in [6.07, 6.45) is 0.968. The Morgan fingerprint density at radius 3 is 2.88 bits per heavy atom. The van der Waals surface area contributed by atoms with Gasteiger partial charge in [0.2, 0.25) is 5.91 Å². The molecule has 0 saturated carbocycles. The molecule has 1 unspecified atom stereocenters. The number of amides is 1. The minimum atomic E-state index is -1.00. The predicted octanol–water partition coefficient (Wildman–Crippen LogP) is -0.950. The van der Waals surface area contributed by atoms with Crippen molar-refractivity contribution in [3.8, 4) is 0 Å². The zero-order chi connectivity index (χ0) is 11.5. The lowest BCUT2D eigenvalue weighted by Crippen LogP contribution is -2.53. The van der Waals surface area contributed by atoms with Crippen molar-refractivity contribution in [1.29, 1.82) is 0 Å². The Kier molecular flexibility index (Phi) is 3.40. The highest BCUT2D eigenvalue weighted by molar-refractivity contribution is 5.83. The van der Waals surface area contributed by atoms with E-state index in [0.717, 1.165) is 19.4 Å². The Hall–Kier alpha value is -1.14. The van der Waals surface area contributed by atoms with Gasteiger partial charge in [-0.15, -0.1) is 0 Å². The van der Waals surface area contributed by atoms with E-state index in [0.29, 0.717) is 13.2 Å². The Bertz CT molecular complexity index is 289. The lowest BCUT2D eigenvalue weighted by molar-refractivity contribution is -0.159. The van der Waals surface area contributed by atoms with Gasteiger partial charge < -0.3 is 20.1 Å². The normalized spacial score (nSPS) is 30.4. The Balaban J connectivity index is 1.93. The van der Waals surface area contributed by atoms with Gasteiger partial charge in [0.05, 0.1) is 19.2 Å². The van der Waals surface area contributed by atoms with Crippen molar-refractivity contribution < 1.29 is 19.4 Å². The molecule has 16 heavy (non-hydrogen) atoms. The van der Waals surface area contributed by atoms with Crippen LogP contribution in [0.15, 0.2) is 0 Å². The van der Waals surface area contributed by atoms with Gasteiger partial charge in [0.25, 0.3) is 0 Å². The first kappa shape index (κ1) is 11.3. The van der Waals surface area contributed by atoms with Crippen molar-refractivity contribution in [1.82, 2.24) is 10.2 Å². The van der Waals surface area contributed by atoms with Crippen molar-refractivity contribution in [2.24, 2.45) is 0 Å². The highest BCUT2D eigenvalue weighted by Crippen LogP contribution is 2.12. The van der Waals surface area contributed by atoms with Crippen LogP contribution in [0.5, 0.6) is 0 Å². The van der Waals surface area contributed by atoms with Crippen LogP contribution in [0.25, 0.3) is 0 Å². The number of carbonyl (C=O) groups is 2. The van der Waals surface area contributed by atoms with Crippen molar-refractivity contribution >= 4 is 11.9 Å². The summed E-state index contributed by atoms with van der Waals surface area (Å²) in [7, 11) is 0. The van der Waals surface area contributed by atoms with Crippen LogP contribution in [0.2, 0.25) is 0 Å². The van der Waals surface area contributed by atoms with E-state index in [-0.39, 0.29) is 18.5 Å². The summed E-state index contributed by atoms with van der Waals surface area (Å²) >= 11 is 0. The molecule has 0 aromatic carbocycles. The molecule has 6 nitrogen and oxygen atoms in total. The summed E-state index contributed by atoms with van der Waals surface area (Å²) in [5.41, 5.74) is 0. The number of carbonyl (C=O) groups excluding carboxylic acids is 1. The number of carboxylic acids is 1. The minimum Gasteiger partial charge on any atom is -0.479 e. The number of hydrogen-bond donors (Lipinski definition) is 2. The largest absolute Gasteiger partial charge is 0.479 e. The molecule has 0 spiro atoms. The average molecular weight is 228 g/mol. The highest BCUT2D eigenvalue weighted by Gasteiger charge is 2.33. The summed E-state index contributed by atoms with van der Waals surface area (Å²) in [6.45, 7) is 1.81. The molecule has 2 saturated heterocycles. The molecular formula is C10H16N2O4. The van der Waals surface area contributed by atoms with Gasteiger partial charge in [0.1, 0.15) is 0 Å². The van der Waals surface area contributed by atoms with Crippen LogP contribution in [0.4, 0.5) is 0 Å². The summed E-state index contributed by atoms with van der Waals surface area (Å²) in [5.74, 6) is -0.996. The second-order valence-electron chi connectivity index (χ2n) is 4.13. The van der Waals surface area contributed by atoms with Crippen LogP contribution >= 0.6 is 0 Å². The van der Waals surface area contributed by atoms with Crippen molar-refractivity contribution in [3.05, 3.63) is 0 Å². The Morgan fingerprint density at radius 1 is 1.44 bits per heavy atom. The zero-order valence-corrected chi connectivity index (χ0v) is 9.02. The van der Waals surface area contributed by atoms with Crippen molar-refractivity contribution in [2.45, 2.75) is 25.0 Å². The van der Waals surface area contributed by atoms with Crippen LogP contribution in [-0.4, -0.2) is 60.3 Å². The lowest BCUT2D eigenvalue weighted by Gasteiger charge is -2.32. The van der Waals surface area contributed by atoms with Crippen LogP contribution in [0, 0.1) is 0 Å². The molecule has 2 fully saturated rings. The standard InChI is InChI=1S/C10H16N2O4/c13-9(7-2-1-3-11-7)12-4-5-16-8(6-12)10(14)15/h7-8,11H,1-6H2,(H,14,15)/t7-,8?/m1/s1. The monoisotopic (exact) mass is 228 g/mol. The third-order valence-electron chi connectivity index (χ3n) is 3.01. The van der Waals surface area contributed by atoms with Gasteiger partial charge in [0, 0.05) is 6.54 Å². The van der Waals surface area contributed by atoms with Gasteiger partial charge in [-0.2, -0.15) is 0 Å². The number of carboxylic acid groups (broad SMARTS) is 1. The smallest absolute Gasteiger partial charge is 0.334 e. The van der Waals surface area contributed by atoms with Gasteiger partial charge in [-0.3, -0.25) is 4.79 Å². The Morgan fingerprint density at radius 2 is 2.25 bits per heavy atom. The lowest BCUT2D eigenvalue weighted by atomic mass is 10.2.